The molecular weight excluding hydrogens is 367 g/mol. The van der Waals surface area contributed by atoms with E-state index in [2.05, 4.69) is 5.32 Å². The number of hydrogen-bond acceptors (Lipinski definition) is 3. The average Bonchev–Trinajstić information content (AvgIpc) is 2.69. The van der Waals surface area contributed by atoms with Crippen LogP contribution in [0.1, 0.15) is 24.0 Å². The summed E-state index contributed by atoms with van der Waals surface area (Å²) in [6.45, 7) is 1.13. The molecule has 1 fully saturated rings. The van der Waals surface area contributed by atoms with Crippen LogP contribution < -0.4 is 5.32 Å². The van der Waals surface area contributed by atoms with E-state index in [-0.39, 0.29) is 17.6 Å². The highest BCUT2D eigenvalue weighted by atomic mass is 32.2. The van der Waals surface area contributed by atoms with Gasteiger partial charge in [0.1, 0.15) is 5.82 Å². The highest BCUT2D eigenvalue weighted by molar-refractivity contribution is 7.88. The number of benzene rings is 2. The smallest absolute Gasteiger partial charge is 0.223 e. The second-order valence-electron chi connectivity index (χ2n) is 6.76. The Kier molecular flexibility index (Phi) is 6.23. The maximum absolute atomic E-state index is 13.0. The number of carbonyl (C=O) groups is 1. The SMILES string of the molecule is O=C(NCc1ccccc1)C1CCN(S(=O)(=O)Cc2ccc(F)cc2)CC1. The third-order valence-corrected chi connectivity index (χ3v) is 6.64. The largest absolute Gasteiger partial charge is 0.352 e. The van der Waals surface area contributed by atoms with Crippen molar-refractivity contribution in [2.24, 2.45) is 5.92 Å². The van der Waals surface area contributed by atoms with E-state index in [1.165, 1.54) is 28.6 Å². The van der Waals surface area contributed by atoms with Gasteiger partial charge in [-0.25, -0.2) is 17.1 Å². The van der Waals surface area contributed by atoms with Crippen molar-refractivity contribution in [2.45, 2.75) is 25.1 Å². The van der Waals surface area contributed by atoms with Crippen LogP contribution in [0.25, 0.3) is 0 Å². The molecule has 1 aliphatic heterocycles. The number of rotatable bonds is 6. The standard InChI is InChI=1S/C20H23FN2O3S/c21-19-8-6-17(7-9-19)15-27(25,26)23-12-10-18(11-13-23)20(24)22-14-16-4-2-1-3-5-16/h1-9,18H,10-15H2,(H,22,24). The second-order valence-corrected chi connectivity index (χ2v) is 8.73. The van der Waals surface area contributed by atoms with Crippen LogP contribution in [0.3, 0.4) is 0 Å². The number of carbonyl (C=O) groups excluding carboxylic acids is 1. The maximum atomic E-state index is 13.0. The molecule has 27 heavy (non-hydrogen) atoms. The van der Waals surface area contributed by atoms with Crippen LogP contribution in [0.4, 0.5) is 4.39 Å². The zero-order chi connectivity index (χ0) is 19.3. The average molecular weight is 390 g/mol. The van der Waals surface area contributed by atoms with Crippen LogP contribution in [0.15, 0.2) is 54.6 Å². The van der Waals surface area contributed by atoms with Crippen molar-refractivity contribution in [3.8, 4) is 0 Å². The molecule has 0 radical (unpaired) electrons. The van der Waals surface area contributed by atoms with Gasteiger partial charge in [0.2, 0.25) is 15.9 Å². The zero-order valence-corrected chi connectivity index (χ0v) is 15.8. The first kappa shape index (κ1) is 19.5. The third kappa shape index (κ3) is 5.37. The highest BCUT2D eigenvalue weighted by Crippen LogP contribution is 2.22. The summed E-state index contributed by atoms with van der Waals surface area (Å²) in [4.78, 5) is 12.3. The number of halogens is 1. The van der Waals surface area contributed by atoms with E-state index in [0.29, 0.717) is 38.0 Å². The fourth-order valence-electron chi connectivity index (χ4n) is 3.21. The second kappa shape index (κ2) is 8.63. The molecule has 144 valence electrons. The molecule has 2 aromatic carbocycles. The molecule has 5 nitrogen and oxygen atoms in total. The van der Waals surface area contributed by atoms with Gasteiger partial charge in [-0.15, -0.1) is 0 Å². The zero-order valence-electron chi connectivity index (χ0n) is 15.0. The fourth-order valence-corrected chi connectivity index (χ4v) is 4.77. The summed E-state index contributed by atoms with van der Waals surface area (Å²) < 4.78 is 39.5. The van der Waals surface area contributed by atoms with Crippen LogP contribution in [0.5, 0.6) is 0 Å². The Balaban J connectivity index is 1.50. The number of sulfonamides is 1. The minimum absolute atomic E-state index is 0.0329. The molecule has 1 N–H and O–H groups in total. The molecular formula is C20H23FN2O3S. The van der Waals surface area contributed by atoms with Gasteiger partial charge in [-0.1, -0.05) is 42.5 Å². The van der Waals surface area contributed by atoms with Crippen molar-refractivity contribution in [3.63, 3.8) is 0 Å². The Morgan fingerprint density at radius 3 is 2.26 bits per heavy atom. The Morgan fingerprint density at radius 2 is 1.63 bits per heavy atom. The Hall–Kier alpha value is -2.25. The van der Waals surface area contributed by atoms with Crippen molar-refractivity contribution in [1.29, 1.82) is 0 Å². The lowest BCUT2D eigenvalue weighted by molar-refractivity contribution is -0.126. The Labute approximate surface area is 159 Å². The number of piperidine rings is 1. The highest BCUT2D eigenvalue weighted by Gasteiger charge is 2.31. The molecule has 0 spiro atoms. The van der Waals surface area contributed by atoms with Gasteiger partial charge in [0.25, 0.3) is 0 Å². The Morgan fingerprint density at radius 1 is 1.00 bits per heavy atom. The molecule has 0 aromatic heterocycles. The number of nitrogens with zero attached hydrogens (tertiary/aromatic N) is 1. The van der Waals surface area contributed by atoms with Crippen molar-refractivity contribution in [2.75, 3.05) is 13.1 Å². The van der Waals surface area contributed by atoms with Crippen LogP contribution in [-0.2, 0) is 27.1 Å². The molecule has 0 bridgehead atoms. The maximum Gasteiger partial charge on any atom is 0.223 e. The molecule has 0 saturated carbocycles. The molecule has 1 aliphatic rings. The minimum Gasteiger partial charge on any atom is -0.352 e. The van der Waals surface area contributed by atoms with E-state index < -0.39 is 15.8 Å². The lowest BCUT2D eigenvalue weighted by Crippen LogP contribution is -2.43. The van der Waals surface area contributed by atoms with Crippen LogP contribution in [0, 0.1) is 11.7 Å². The molecule has 1 saturated heterocycles. The number of nitrogens with one attached hydrogen (secondary N) is 1. The summed E-state index contributed by atoms with van der Waals surface area (Å²) in [5.74, 6) is -0.753. The summed E-state index contributed by atoms with van der Waals surface area (Å²) in [6.07, 6.45) is 1.01. The van der Waals surface area contributed by atoms with Crippen molar-refractivity contribution in [1.82, 2.24) is 9.62 Å². The third-order valence-electron chi connectivity index (χ3n) is 4.79. The minimum atomic E-state index is -3.47. The number of hydrogen-bond donors (Lipinski definition) is 1. The van der Waals surface area contributed by atoms with Gasteiger partial charge in [-0.2, -0.15) is 0 Å². The summed E-state index contributed by atoms with van der Waals surface area (Å²) in [7, 11) is -3.47. The topological polar surface area (TPSA) is 66.5 Å². The van der Waals surface area contributed by atoms with Gasteiger partial charge in [0.05, 0.1) is 5.75 Å². The molecule has 7 heteroatoms. The van der Waals surface area contributed by atoms with Gasteiger partial charge in [0.15, 0.2) is 0 Å². The van der Waals surface area contributed by atoms with Crippen molar-refractivity contribution in [3.05, 3.63) is 71.5 Å². The first-order chi connectivity index (χ1) is 12.9. The van der Waals surface area contributed by atoms with E-state index >= 15 is 0 Å². The van der Waals surface area contributed by atoms with E-state index in [4.69, 9.17) is 0 Å². The van der Waals surface area contributed by atoms with E-state index in [1.807, 2.05) is 30.3 Å². The van der Waals surface area contributed by atoms with Gasteiger partial charge < -0.3 is 5.32 Å². The Bertz CT molecular complexity index is 862. The van der Waals surface area contributed by atoms with Crippen molar-refractivity contribution < 1.29 is 17.6 Å². The normalized spacial score (nSPS) is 16.2. The van der Waals surface area contributed by atoms with Crippen molar-refractivity contribution >= 4 is 15.9 Å². The van der Waals surface area contributed by atoms with Gasteiger partial charge in [0, 0.05) is 25.6 Å². The molecule has 0 aliphatic carbocycles. The van der Waals surface area contributed by atoms with Crippen LogP contribution >= 0.6 is 0 Å². The predicted octanol–water partition coefficient (Wildman–Crippen LogP) is 2.68. The first-order valence-electron chi connectivity index (χ1n) is 8.98. The van der Waals surface area contributed by atoms with Crippen LogP contribution in [0.2, 0.25) is 0 Å². The molecule has 2 aromatic rings. The summed E-state index contributed by atoms with van der Waals surface area (Å²) in [5, 5.41) is 2.92. The number of amides is 1. The van der Waals surface area contributed by atoms with E-state index in [9.17, 15) is 17.6 Å². The fraction of sp³-hybridized carbons (Fsp3) is 0.350. The quantitative estimate of drug-likeness (QED) is 0.825. The van der Waals surface area contributed by atoms with Gasteiger partial charge in [-0.3, -0.25) is 4.79 Å². The monoisotopic (exact) mass is 390 g/mol. The molecule has 1 amide bonds. The molecule has 3 rings (SSSR count). The first-order valence-corrected chi connectivity index (χ1v) is 10.6. The van der Waals surface area contributed by atoms with E-state index in [0.717, 1.165) is 5.56 Å². The summed E-state index contributed by atoms with van der Waals surface area (Å²) in [6, 6.07) is 15.1. The molecule has 0 unspecified atom stereocenters. The lowest BCUT2D eigenvalue weighted by atomic mass is 9.97. The predicted molar refractivity (Wildman–Crippen MR) is 102 cm³/mol. The van der Waals surface area contributed by atoms with Gasteiger partial charge >= 0.3 is 0 Å². The summed E-state index contributed by atoms with van der Waals surface area (Å²) in [5.41, 5.74) is 1.59. The molecule has 0 atom stereocenters. The van der Waals surface area contributed by atoms with E-state index in [1.54, 1.807) is 0 Å². The summed E-state index contributed by atoms with van der Waals surface area (Å²) >= 11 is 0. The lowest BCUT2D eigenvalue weighted by Gasteiger charge is -2.30. The van der Waals surface area contributed by atoms with Gasteiger partial charge in [-0.05, 0) is 36.1 Å². The molecule has 1 heterocycles. The van der Waals surface area contributed by atoms with Crippen LogP contribution in [-0.4, -0.2) is 31.7 Å².